The second-order valence-corrected chi connectivity index (χ2v) is 8.66. The highest BCUT2D eigenvalue weighted by molar-refractivity contribution is 6.07. The highest BCUT2D eigenvalue weighted by Gasteiger charge is 2.52. The predicted octanol–water partition coefficient (Wildman–Crippen LogP) is 4.42. The second kappa shape index (κ2) is 9.04. The number of amides is 3. The molecule has 2 heterocycles. The van der Waals surface area contributed by atoms with Gasteiger partial charge in [0, 0.05) is 19.5 Å². The SMILES string of the molecule is O=C1N[C@](Cc2ccccc2)(c2ccccc2)C(=O)N1CN1CC=C(c2ccccc2)CC1. The molecule has 0 aliphatic carbocycles. The zero-order chi connectivity index (χ0) is 22.7. The summed E-state index contributed by atoms with van der Waals surface area (Å²) >= 11 is 0. The van der Waals surface area contributed by atoms with Crippen molar-refractivity contribution in [2.24, 2.45) is 0 Å². The van der Waals surface area contributed by atoms with Crippen LogP contribution in [0.1, 0.15) is 23.1 Å². The molecular weight excluding hydrogens is 410 g/mol. The number of imide groups is 1. The molecule has 2 aliphatic rings. The van der Waals surface area contributed by atoms with E-state index in [1.807, 2.05) is 78.9 Å². The van der Waals surface area contributed by atoms with Gasteiger partial charge in [-0.05, 0) is 28.7 Å². The van der Waals surface area contributed by atoms with Crippen LogP contribution in [-0.2, 0) is 16.8 Å². The molecule has 3 aromatic rings. The van der Waals surface area contributed by atoms with Gasteiger partial charge in [0.2, 0.25) is 0 Å². The molecule has 1 saturated heterocycles. The van der Waals surface area contributed by atoms with E-state index >= 15 is 0 Å². The molecular formula is C28H27N3O2. The van der Waals surface area contributed by atoms with Crippen LogP contribution < -0.4 is 5.32 Å². The molecule has 0 aromatic heterocycles. The van der Waals surface area contributed by atoms with Crippen molar-refractivity contribution in [2.75, 3.05) is 19.8 Å². The first-order chi connectivity index (χ1) is 16.2. The molecule has 2 aliphatic heterocycles. The summed E-state index contributed by atoms with van der Waals surface area (Å²) in [4.78, 5) is 30.4. The molecule has 3 aromatic carbocycles. The van der Waals surface area contributed by atoms with Crippen molar-refractivity contribution in [1.82, 2.24) is 15.1 Å². The van der Waals surface area contributed by atoms with E-state index in [0.29, 0.717) is 13.0 Å². The normalized spacial score (nSPS) is 21.1. The molecule has 5 rings (SSSR count). The molecule has 5 nitrogen and oxygen atoms in total. The van der Waals surface area contributed by atoms with Crippen LogP contribution in [0, 0.1) is 0 Å². The molecule has 0 unspecified atom stereocenters. The summed E-state index contributed by atoms with van der Waals surface area (Å²) in [6.07, 6.45) is 3.50. The van der Waals surface area contributed by atoms with Crippen molar-refractivity contribution in [3.05, 3.63) is 114 Å². The summed E-state index contributed by atoms with van der Waals surface area (Å²) in [5.74, 6) is -0.194. The number of hydrogen-bond acceptors (Lipinski definition) is 3. The van der Waals surface area contributed by atoms with Crippen molar-refractivity contribution in [3.8, 4) is 0 Å². The van der Waals surface area contributed by atoms with Crippen LogP contribution in [-0.4, -0.2) is 41.5 Å². The van der Waals surface area contributed by atoms with E-state index in [-0.39, 0.29) is 18.6 Å². The predicted molar refractivity (Wildman–Crippen MR) is 129 cm³/mol. The first-order valence-electron chi connectivity index (χ1n) is 11.4. The van der Waals surface area contributed by atoms with Crippen molar-refractivity contribution >= 4 is 17.5 Å². The Morgan fingerprint density at radius 2 is 1.45 bits per heavy atom. The first-order valence-corrected chi connectivity index (χ1v) is 11.4. The Morgan fingerprint density at radius 3 is 2.09 bits per heavy atom. The van der Waals surface area contributed by atoms with Crippen LogP contribution in [0.4, 0.5) is 4.79 Å². The fourth-order valence-electron chi connectivity index (χ4n) is 4.75. The number of hydrogen-bond donors (Lipinski definition) is 1. The molecule has 0 bridgehead atoms. The van der Waals surface area contributed by atoms with E-state index in [9.17, 15) is 9.59 Å². The van der Waals surface area contributed by atoms with Crippen molar-refractivity contribution in [1.29, 1.82) is 0 Å². The standard InChI is InChI=1S/C28H27N3O2/c32-26-28(25-14-8-3-9-15-25,20-22-10-4-1-5-11-22)29-27(33)31(26)21-30-18-16-24(17-19-30)23-12-6-2-7-13-23/h1-16H,17-21H2,(H,29,33)/t28-/m1/s1. The maximum atomic E-state index is 13.8. The second-order valence-electron chi connectivity index (χ2n) is 8.66. The molecule has 166 valence electrons. The van der Waals surface area contributed by atoms with Crippen LogP contribution in [0.15, 0.2) is 97.1 Å². The van der Waals surface area contributed by atoms with Gasteiger partial charge in [-0.25, -0.2) is 9.69 Å². The quantitative estimate of drug-likeness (QED) is 0.581. The highest BCUT2D eigenvalue weighted by Crippen LogP contribution is 2.33. The lowest BCUT2D eigenvalue weighted by Crippen LogP contribution is -2.47. The zero-order valence-corrected chi connectivity index (χ0v) is 18.5. The topological polar surface area (TPSA) is 52.7 Å². The third kappa shape index (κ3) is 4.20. The molecule has 33 heavy (non-hydrogen) atoms. The zero-order valence-electron chi connectivity index (χ0n) is 18.5. The van der Waals surface area contributed by atoms with E-state index in [0.717, 1.165) is 24.1 Å². The van der Waals surface area contributed by atoms with Crippen molar-refractivity contribution < 1.29 is 9.59 Å². The Labute approximate surface area is 194 Å². The minimum absolute atomic E-state index is 0.194. The summed E-state index contributed by atoms with van der Waals surface area (Å²) < 4.78 is 0. The Balaban J connectivity index is 1.37. The molecule has 1 atom stereocenters. The van der Waals surface area contributed by atoms with Crippen molar-refractivity contribution in [2.45, 2.75) is 18.4 Å². The maximum absolute atomic E-state index is 13.8. The minimum atomic E-state index is -1.10. The summed E-state index contributed by atoms with van der Waals surface area (Å²) in [6, 6.07) is 29.4. The lowest BCUT2D eigenvalue weighted by molar-refractivity contribution is -0.133. The number of rotatable bonds is 6. The van der Waals surface area contributed by atoms with Gasteiger partial charge in [0.1, 0.15) is 0 Å². The number of urea groups is 1. The Kier molecular flexibility index (Phi) is 5.80. The molecule has 0 radical (unpaired) electrons. The van der Waals surface area contributed by atoms with Gasteiger partial charge in [-0.1, -0.05) is 97.1 Å². The number of carbonyl (C=O) groups is 2. The van der Waals surface area contributed by atoms with Crippen LogP contribution in [0.3, 0.4) is 0 Å². The third-order valence-corrected chi connectivity index (χ3v) is 6.53. The fourth-order valence-corrected chi connectivity index (χ4v) is 4.75. The maximum Gasteiger partial charge on any atom is 0.326 e. The Hall–Kier alpha value is -3.70. The van der Waals surface area contributed by atoms with Gasteiger partial charge in [-0.15, -0.1) is 0 Å². The van der Waals surface area contributed by atoms with E-state index in [4.69, 9.17) is 0 Å². The van der Waals surface area contributed by atoms with Gasteiger partial charge < -0.3 is 5.32 Å². The fraction of sp³-hybridized carbons (Fsp3) is 0.214. The summed E-state index contributed by atoms with van der Waals surface area (Å²) in [5.41, 5.74) is 3.26. The van der Waals surface area contributed by atoms with Gasteiger partial charge in [0.15, 0.2) is 5.54 Å². The van der Waals surface area contributed by atoms with Gasteiger partial charge >= 0.3 is 6.03 Å². The van der Waals surface area contributed by atoms with E-state index < -0.39 is 5.54 Å². The molecule has 0 saturated carbocycles. The lowest BCUT2D eigenvalue weighted by atomic mass is 9.83. The Morgan fingerprint density at radius 1 is 0.818 bits per heavy atom. The molecule has 0 spiro atoms. The minimum Gasteiger partial charge on any atom is -0.319 e. The van der Waals surface area contributed by atoms with E-state index in [2.05, 4.69) is 28.4 Å². The van der Waals surface area contributed by atoms with Crippen molar-refractivity contribution in [3.63, 3.8) is 0 Å². The van der Waals surface area contributed by atoms with Gasteiger partial charge in [-0.3, -0.25) is 9.69 Å². The van der Waals surface area contributed by atoms with Crippen LogP contribution in [0.5, 0.6) is 0 Å². The lowest BCUT2D eigenvalue weighted by Gasteiger charge is -2.31. The molecule has 1 fully saturated rings. The third-order valence-electron chi connectivity index (χ3n) is 6.53. The number of nitrogens with zero attached hydrogens (tertiary/aromatic N) is 2. The van der Waals surface area contributed by atoms with Gasteiger partial charge in [0.05, 0.1) is 6.67 Å². The molecule has 1 N–H and O–H groups in total. The highest BCUT2D eigenvalue weighted by atomic mass is 16.2. The average Bonchev–Trinajstić information content (AvgIpc) is 3.11. The number of nitrogens with one attached hydrogen (secondary N) is 1. The molecule has 3 amide bonds. The summed E-state index contributed by atoms with van der Waals surface area (Å²) in [5, 5.41) is 3.05. The average molecular weight is 438 g/mol. The largest absolute Gasteiger partial charge is 0.326 e. The summed E-state index contributed by atoms with van der Waals surface area (Å²) in [6.45, 7) is 1.79. The van der Waals surface area contributed by atoms with E-state index in [1.54, 1.807) is 0 Å². The number of benzene rings is 3. The van der Waals surface area contributed by atoms with Crippen LogP contribution >= 0.6 is 0 Å². The summed E-state index contributed by atoms with van der Waals surface area (Å²) in [7, 11) is 0. The number of carbonyl (C=O) groups excluding carboxylic acids is 2. The Bertz CT molecular complexity index is 1160. The first kappa shape index (κ1) is 21.2. The smallest absolute Gasteiger partial charge is 0.319 e. The molecule has 5 heteroatoms. The van der Waals surface area contributed by atoms with E-state index in [1.165, 1.54) is 16.0 Å². The van der Waals surface area contributed by atoms with Gasteiger partial charge in [0.25, 0.3) is 5.91 Å². The van der Waals surface area contributed by atoms with Crippen LogP contribution in [0.25, 0.3) is 5.57 Å². The van der Waals surface area contributed by atoms with Crippen LogP contribution in [0.2, 0.25) is 0 Å². The van der Waals surface area contributed by atoms with Gasteiger partial charge in [-0.2, -0.15) is 0 Å². The monoisotopic (exact) mass is 437 g/mol.